The molecule has 0 atom stereocenters. The van der Waals surface area contributed by atoms with E-state index in [1.807, 2.05) is 29.2 Å². The molecule has 35 heavy (non-hydrogen) atoms. The van der Waals surface area contributed by atoms with Crippen molar-refractivity contribution in [3.63, 3.8) is 0 Å². The smallest absolute Gasteiger partial charge is 0.407 e. The van der Waals surface area contributed by atoms with Gasteiger partial charge in [0.05, 0.1) is 5.41 Å². The minimum Gasteiger partial charge on any atom is -0.481 e. The number of nitrogens with zero attached hydrogens (tertiary/aromatic N) is 1. The van der Waals surface area contributed by atoms with E-state index in [0.717, 1.165) is 19.3 Å². The van der Waals surface area contributed by atoms with Crippen molar-refractivity contribution in [2.75, 3.05) is 26.2 Å². The van der Waals surface area contributed by atoms with E-state index in [9.17, 15) is 14.4 Å². The standard InChI is InChI=1S/C28H32N2O5/c31-25(32)16-19-10-14-30(15-11-19)26(33)28(12-5-13-28)18-29-27(34)35-17-24-22-8-3-1-6-20(22)21-7-2-4-9-23(21)24/h1-4,6-9,19,24H,5,10-18H2,(H,29,34)(H,31,32). The van der Waals surface area contributed by atoms with E-state index in [2.05, 4.69) is 29.6 Å². The number of carbonyl (C=O) groups is 3. The van der Waals surface area contributed by atoms with Gasteiger partial charge in [-0.3, -0.25) is 9.59 Å². The van der Waals surface area contributed by atoms with Crippen molar-refractivity contribution in [2.24, 2.45) is 11.3 Å². The summed E-state index contributed by atoms with van der Waals surface area (Å²) in [5, 5.41) is 11.9. The first-order valence-corrected chi connectivity index (χ1v) is 12.6. The van der Waals surface area contributed by atoms with Crippen molar-refractivity contribution in [3.05, 3.63) is 59.7 Å². The van der Waals surface area contributed by atoms with E-state index in [1.54, 1.807) is 0 Å². The molecule has 2 aromatic rings. The Bertz CT molecular complexity index is 1070. The Labute approximate surface area is 205 Å². The number of benzene rings is 2. The van der Waals surface area contributed by atoms with Gasteiger partial charge in [0.1, 0.15) is 6.61 Å². The maximum atomic E-state index is 13.3. The summed E-state index contributed by atoms with van der Waals surface area (Å²) in [5.74, 6) is -0.568. The Hall–Kier alpha value is -3.35. The summed E-state index contributed by atoms with van der Waals surface area (Å²) in [6.07, 6.45) is 3.58. The number of carboxylic acid groups (broad SMARTS) is 1. The molecule has 2 N–H and O–H groups in total. The van der Waals surface area contributed by atoms with Crippen molar-refractivity contribution in [2.45, 2.75) is 44.4 Å². The van der Waals surface area contributed by atoms with E-state index < -0.39 is 17.5 Å². The summed E-state index contributed by atoms with van der Waals surface area (Å²) < 4.78 is 5.65. The van der Waals surface area contributed by atoms with Gasteiger partial charge in [-0.2, -0.15) is 0 Å². The zero-order chi connectivity index (χ0) is 24.4. The zero-order valence-corrected chi connectivity index (χ0v) is 19.9. The van der Waals surface area contributed by atoms with Crippen LogP contribution in [0.25, 0.3) is 11.1 Å². The van der Waals surface area contributed by atoms with Gasteiger partial charge in [0.15, 0.2) is 0 Å². The first kappa shape index (κ1) is 23.4. The second kappa shape index (κ2) is 9.72. The predicted octanol–water partition coefficient (Wildman–Crippen LogP) is 4.41. The first-order valence-electron chi connectivity index (χ1n) is 12.6. The third-order valence-corrected chi connectivity index (χ3v) is 8.04. The summed E-state index contributed by atoms with van der Waals surface area (Å²) >= 11 is 0. The fourth-order valence-corrected chi connectivity index (χ4v) is 5.88. The van der Waals surface area contributed by atoms with Gasteiger partial charge < -0.3 is 20.1 Å². The summed E-state index contributed by atoms with van der Waals surface area (Å²) in [6, 6.07) is 16.4. The van der Waals surface area contributed by atoms with Gasteiger partial charge in [-0.05, 0) is 53.9 Å². The number of hydrogen-bond acceptors (Lipinski definition) is 4. The van der Waals surface area contributed by atoms with Crippen LogP contribution in [0.1, 0.15) is 55.6 Å². The molecule has 7 heteroatoms. The number of ether oxygens (including phenoxy) is 1. The second-order valence-electron chi connectivity index (χ2n) is 10.1. The largest absolute Gasteiger partial charge is 0.481 e. The van der Waals surface area contributed by atoms with Gasteiger partial charge >= 0.3 is 12.1 Å². The Balaban J connectivity index is 1.15. The number of aliphatic carboxylic acids is 1. The minimum atomic E-state index is -0.780. The Morgan fingerprint density at radius 1 is 0.971 bits per heavy atom. The zero-order valence-electron chi connectivity index (χ0n) is 19.9. The molecule has 2 aromatic carbocycles. The molecule has 1 aliphatic heterocycles. The molecule has 1 saturated carbocycles. The molecule has 0 spiro atoms. The number of carbonyl (C=O) groups excluding carboxylic acids is 2. The minimum absolute atomic E-state index is 0.000423. The van der Waals surface area contributed by atoms with Crippen molar-refractivity contribution in [1.29, 1.82) is 0 Å². The maximum absolute atomic E-state index is 13.3. The quantitative estimate of drug-likeness (QED) is 0.617. The van der Waals surface area contributed by atoms with E-state index in [1.165, 1.54) is 22.3 Å². The van der Waals surface area contributed by atoms with Crippen molar-refractivity contribution < 1.29 is 24.2 Å². The van der Waals surface area contributed by atoms with Gasteiger partial charge in [0, 0.05) is 32.0 Å². The Morgan fingerprint density at radius 2 is 1.57 bits per heavy atom. The van der Waals surface area contributed by atoms with Crippen molar-refractivity contribution >= 4 is 18.0 Å². The predicted molar refractivity (Wildman–Crippen MR) is 131 cm³/mol. The lowest BCUT2D eigenvalue weighted by Crippen LogP contribution is -2.55. The van der Waals surface area contributed by atoms with Crippen LogP contribution in [0.15, 0.2) is 48.5 Å². The van der Waals surface area contributed by atoms with E-state index in [4.69, 9.17) is 9.84 Å². The number of fused-ring (bicyclic) bond motifs is 3. The van der Waals surface area contributed by atoms with Gasteiger partial charge in [-0.15, -0.1) is 0 Å². The molecule has 2 amide bonds. The van der Waals surface area contributed by atoms with Crippen molar-refractivity contribution in [1.82, 2.24) is 10.2 Å². The molecule has 184 valence electrons. The van der Waals surface area contributed by atoms with Crippen LogP contribution in [0, 0.1) is 11.3 Å². The molecule has 0 unspecified atom stereocenters. The lowest BCUT2D eigenvalue weighted by Gasteiger charge is -2.45. The second-order valence-corrected chi connectivity index (χ2v) is 10.1. The highest BCUT2D eigenvalue weighted by molar-refractivity contribution is 5.85. The van der Waals surface area contributed by atoms with Gasteiger partial charge in [0.2, 0.25) is 5.91 Å². The molecular weight excluding hydrogens is 444 g/mol. The molecular formula is C28H32N2O5. The number of likely N-dealkylation sites (tertiary alicyclic amines) is 1. The average Bonchev–Trinajstić information content (AvgIpc) is 3.16. The van der Waals surface area contributed by atoms with Gasteiger partial charge in [0.25, 0.3) is 0 Å². The summed E-state index contributed by atoms with van der Waals surface area (Å²) in [7, 11) is 0. The fourth-order valence-electron chi connectivity index (χ4n) is 5.88. The third kappa shape index (κ3) is 4.64. The maximum Gasteiger partial charge on any atom is 0.407 e. The molecule has 5 rings (SSSR count). The molecule has 0 bridgehead atoms. The van der Waals surface area contributed by atoms with Crippen LogP contribution < -0.4 is 5.32 Å². The van der Waals surface area contributed by atoms with Crippen LogP contribution in [0.4, 0.5) is 4.79 Å². The topological polar surface area (TPSA) is 95.9 Å². The summed E-state index contributed by atoms with van der Waals surface area (Å²) in [6.45, 7) is 1.70. The molecule has 3 aliphatic rings. The number of nitrogens with one attached hydrogen (secondary N) is 1. The first-order chi connectivity index (χ1) is 17.0. The number of hydrogen-bond donors (Lipinski definition) is 2. The van der Waals surface area contributed by atoms with E-state index in [0.29, 0.717) is 25.9 Å². The lowest BCUT2D eigenvalue weighted by atomic mass is 9.67. The third-order valence-electron chi connectivity index (χ3n) is 8.04. The summed E-state index contributed by atoms with van der Waals surface area (Å²) in [5.41, 5.74) is 4.13. The number of amides is 2. The fraction of sp³-hybridized carbons (Fsp3) is 0.464. The van der Waals surface area contributed by atoms with E-state index >= 15 is 0 Å². The van der Waals surface area contributed by atoms with Crippen molar-refractivity contribution in [3.8, 4) is 11.1 Å². The van der Waals surface area contributed by atoms with Crippen LogP contribution in [-0.4, -0.2) is 54.2 Å². The Kier molecular flexibility index (Phi) is 6.50. The van der Waals surface area contributed by atoms with E-state index in [-0.39, 0.29) is 37.3 Å². The highest BCUT2D eigenvalue weighted by Gasteiger charge is 2.47. The van der Waals surface area contributed by atoms with Gasteiger partial charge in [-0.1, -0.05) is 55.0 Å². The average molecular weight is 477 g/mol. The molecule has 1 saturated heterocycles. The van der Waals surface area contributed by atoms with Crippen LogP contribution in [0.3, 0.4) is 0 Å². The number of carboxylic acids is 1. The van der Waals surface area contributed by atoms with Crippen LogP contribution >= 0.6 is 0 Å². The molecule has 2 fully saturated rings. The number of piperidine rings is 1. The lowest BCUT2D eigenvalue weighted by molar-refractivity contribution is -0.148. The number of rotatable bonds is 7. The van der Waals surface area contributed by atoms with Crippen LogP contribution in [0.5, 0.6) is 0 Å². The SMILES string of the molecule is O=C(O)CC1CCN(C(=O)C2(CNC(=O)OCC3c4ccccc4-c4ccccc43)CCC2)CC1. The highest BCUT2D eigenvalue weighted by Crippen LogP contribution is 2.45. The normalized spacial score (nSPS) is 18.8. The Morgan fingerprint density at radius 3 is 2.11 bits per heavy atom. The summed E-state index contributed by atoms with van der Waals surface area (Å²) in [4.78, 5) is 38.8. The molecule has 1 heterocycles. The molecule has 2 aliphatic carbocycles. The van der Waals surface area contributed by atoms with Gasteiger partial charge in [-0.25, -0.2) is 4.79 Å². The number of alkyl carbamates (subject to hydrolysis) is 1. The molecule has 7 nitrogen and oxygen atoms in total. The molecule has 0 radical (unpaired) electrons. The van der Waals surface area contributed by atoms with Crippen LogP contribution in [-0.2, 0) is 14.3 Å². The highest BCUT2D eigenvalue weighted by atomic mass is 16.5. The molecule has 0 aromatic heterocycles. The monoisotopic (exact) mass is 476 g/mol. The van der Waals surface area contributed by atoms with Crippen LogP contribution in [0.2, 0.25) is 0 Å².